The van der Waals surface area contributed by atoms with Gasteiger partial charge in [-0.15, -0.1) is 11.3 Å². The number of thiazole rings is 1. The fourth-order valence-electron chi connectivity index (χ4n) is 2.80. The average molecular weight is 363 g/mol. The molecule has 0 saturated carbocycles. The number of aryl methyl sites for hydroxylation is 2. The molecular formula is C19H17N5OS. The first-order valence-electron chi connectivity index (χ1n) is 8.21. The summed E-state index contributed by atoms with van der Waals surface area (Å²) in [5.41, 5.74) is 2.88. The van der Waals surface area contributed by atoms with Gasteiger partial charge in [0, 0.05) is 30.4 Å². The first-order valence-corrected chi connectivity index (χ1v) is 9.03. The number of aromatic nitrogens is 5. The van der Waals surface area contributed by atoms with E-state index in [-0.39, 0.29) is 12.2 Å². The topological polar surface area (TPSA) is 73.6 Å². The van der Waals surface area contributed by atoms with Crippen LogP contribution < -0.4 is 0 Å². The van der Waals surface area contributed by atoms with Crippen LogP contribution in [-0.4, -0.2) is 30.3 Å². The zero-order chi connectivity index (χ0) is 18.3. The maximum absolute atomic E-state index is 12.4. The van der Waals surface area contributed by atoms with Gasteiger partial charge in [-0.3, -0.25) is 4.79 Å². The first kappa shape index (κ1) is 16.5. The van der Waals surface area contributed by atoms with E-state index in [0.717, 1.165) is 33.0 Å². The number of carbonyl (C=O) groups excluding carboxylic acids is 1. The largest absolute Gasteiger partial charge is 0.331 e. The summed E-state index contributed by atoms with van der Waals surface area (Å²) < 4.78 is 2.04. The van der Waals surface area contributed by atoms with Crippen LogP contribution in [0.3, 0.4) is 0 Å². The van der Waals surface area contributed by atoms with E-state index in [9.17, 15) is 4.79 Å². The average Bonchev–Trinajstić information content (AvgIpc) is 3.21. The molecule has 3 heterocycles. The molecule has 0 radical (unpaired) electrons. The molecule has 0 spiro atoms. The Kier molecular flexibility index (Phi) is 4.08. The number of imidazole rings is 1. The lowest BCUT2D eigenvalue weighted by Crippen LogP contribution is -2.05. The Hall–Kier alpha value is -2.93. The predicted molar refractivity (Wildman–Crippen MR) is 101 cm³/mol. The fraction of sp³-hybridized carbons (Fsp3) is 0.211. The van der Waals surface area contributed by atoms with E-state index < -0.39 is 0 Å². The van der Waals surface area contributed by atoms with Crippen LogP contribution in [0.4, 0.5) is 0 Å². The summed E-state index contributed by atoms with van der Waals surface area (Å²) in [6.07, 6.45) is 5.41. The molecule has 0 aliphatic carbocycles. The quantitative estimate of drug-likeness (QED) is 0.519. The standard InChI is InChI=1S/C19H17N5OS/c1-11-20-9-16(24(11)3)13-4-5-14-8-22-19(23-15(14)6-13)7-17(25)18-10-21-12(2)26-18/h4-6,8-10H,7H2,1-3H3. The number of rotatable bonds is 4. The Morgan fingerprint density at radius 2 is 1.96 bits per heavy atom. The normalized spacial score (nSPS) is 11.2. The molecule has 0 amide bonds. The van der Waals surface area contributed by atoms with Crippen LogP contribution in [0.2, 0.25) is 0 Å². The summed E-state index contributed by atoms with van der Waals surface area (Å²) in [5, 5.41) is 1.82. The second kappa shape index (κ2) is 6.42. The summed E-state index contributed by atoms with van der Waals surface area (Å²) in [4.78, 5) is 30.4. The molecule has 3 aromatic heterocycles. The van der Waals surface area contributed by atoms with Crippen LogP contribution in [0, 0.1) is 13.8 Å². The highest BCUT2D eigenvalue weighted by Crippen LogP contribution is 2.24. The minimum absolute atomic E-state index is 0.00614. The van der Waals surface area contributed by atoms with Crippen molar-refractivity contribution in [3.63, 3.8) is 0 Å². The molecule has 0 fully saturated rings. The monoisotopic (exact) mass is 363 g/mol. The van der Waals surface area contributed by atoms with Crippen LogP contribution in [0.15, 0.2) is 36.8 Å². The zero-order valence-corrected chi connectivity index (χ0v) is 15.5. The molecule has 7 heteroatoms. The minimum Gasteiger partial charge on any atom is -0.331 e. The SMILES string of the molecule is Cc1ncc(C(=O)Cc2ncc3ccc(-c4cnc(C)n4C)cc3n2)s1. The van der Waals surface area contributed by atoms with Crippen LogP contribution in [-0.2, 0) is 13.5 Å². The summed E-state index contributed by atoms with van der Waals surface area (Å²) >= 11 is 1.40. The predicted octanol–water partition coefficient (Wildman–Crippen LogP) is 3.53. The molecule has 0 atom stereocenters. The van der Waals surface area contributed by atoms with E-state index in [2.05, 4.69) is 19.9 Å². The van der Waals surface area contributed by atoms with Gasteiger partial charge >= 0.3 is 0 Å². The molecule has 0 saturated heterocycles. The van der Waals surface area contributed by atoms with Gasteiger partial charge in [-0.25, -0.2) is 19.9 Å². The van der Waals surface area contributed by atoms with Crippen LogP contribution in [0.25, 0.3) is 22.2 Å². The summed E-state index contributed by atoms with van der Waals surface area (Å²) in [6.45, 7) is 3.85. The van der Waals surface area contributed by atoms with Gasteiger partial charge < -0.3 is 4.57 Å². The Morgan fingerprint density at radius 3 is 2.65 bits per heavy atom. The molecule has 0 bridgehead atoms. The second-order valence-corrected chi connectivity index (χ2v) is 7.39. The number of benzene rings is 1. The van der Waals surface area contributed by atoms with Crippen molar-refractivity contribution < 1.29 is 4.79 Å². The van der Waals surface area contributed by atoms with E-state index in [1.165, 1.54) is 11.3 Å². The lowest BCUT2D eigenvalue weighted by Gasteiger charge is -2.06. The third kappa shape index (κ3) is 3.01. The van der Waals surface area contributed by atoms with Crippen LogP contribution >= 0.6 is 11.3 Å². The lowest BCUT2D eigenvalue weighted by atomic mass is 10.1. The molecule has 4 rings (SSSR count). The van der Waals surface area contributed by atoms with Crippen molar-refractivity contribution in [2.24, 2.45) is 7.05 Å². The van der Waals surface area contributed by atoms with Gasteiger partial charge in [0.15, 0.2) is 5.78 Å². The van der Waals surface area contributed by atoms with Crippen molar-refractivity contribution in [3.8, 4) is 11.3 Å². The summed E-state index contributed by atoms with van der Waals surface area (Å²) in [7, 11) is 1.99. The number of carbonyl (C=O) groups is 1. The van der Waals surface area contributed by atoms with E-state index in [1.54, 1.807) is 12.4 Å². The highest BCUT2D eigenvalue weighted by molar-refractivity contribution is 7.13. The van der Waals surface area contributed by atoms with Crippen LogP contribution in [0.5, 0.6) is 0 Å². The molecule has 0 unspecified atom stereocenters. The Bertz CT molecular complexity index is 1130. The van der Waals surface area contributed by atoms with E-state index in [4.69, 9.17) is 0 Å². The van der Waals surface area contributed by atoms with Crippen molar-refractivity contribution in [3.05, 3.63) is 58.3 Å². The maximum atomic E-state index is 12.4. The zero-order valence-electron chi connectivity index (χ0n) is 14.7. The summed E-state index contributed by atoms with van der Waals surface area (Å²) in [5.74, 6) is 1.47. The number of hydrogen-bond acceptors (Lipinski definition) is 6. The molecule has 0 aliphatic heterocycles. The van der Waals surface area contributed by atoms with Crippen molar-refractivity contribution in [2.75, 3.05) is 0 Å². The third-order valence-electron chi connectivity index (χ3n) is 4.36. The Morgan fingerprint density at radius 1 is 1.12 bits per heavy atom. The molecule has 0 N–H and O–H groups in total. The van der Waals surface area contributed by atoms with Gasteiger partial charge in [0.1, 0.15) is 11.6 Å². The molecule has 6 nitrogen and oxygen atoms in total. The fourth-order valence-corrected chi connectivity index (χ4v) is 3.51. The van der Waals surface area contributed by atoms with Crippen molar-refractivity contribution in [2.45, 2.75) is 20.3 Å². The number of Topliss-reactive ketones (excluding diaryl/α,β-unsaturated/α-hetero) is 1. The molecule has 130 valence electrons. The van der Waals surface area contributed by atoms with Crippen molar-refractivity contribution in [1.82, 2.24) is 24.5 Å². The van der Waals surface area contributed by atoms with E-state index >= 15 is 0 Å². The van der Waals surface area contributed by atoms with Crippen molar-refractivity contribution in [1.29, 1.82) is 0 Å². The Balaban J connectivity index is 1.67. The number of ketones is 1. The second-order valence-electron chi connectivity index (χ2n) is 6.15. The van der Waals surface area contributed by atoms with Gasteiger partial charge in [0.2, 0.25) is 0 Å². The molecule has 4 aromatic rings. The molecule has 0 aliphatic rings. The first-order chi connectivity index (χ1) is 12.5. The van der Waals surface area contributed by atoms with Gasteiger partial charge in [-0.1, -0.05) is 12.1 Å². The Labute approximate surface area is 154 Å². The van der Waals surface area contributed by atoms with Gasteiger partial charge in [0.05, 0.1) is 33.7 Å². The highest BCUT2D eigenvalue weighted by atomic mass is 32.1. The van der Waals surface area contributed by atoms with Gasteiger partial charge in [-0.05, 0) is 19.9 Å². The van der Waals surface area contributed by atoms with Gasteiger partial charge in [-0.2, -0.15) is 0 Å². The molecule has 1 aromatic carbocycles. The lowest BCUT2D eigenvalue weighted by molar-refractivity contribution is 0.0994. The molecular weight excluding hydrogens is 346 g/mol. The van der Waals surface area contributed by atoms with E-state index in [0.29, 0.717) is 10.7 Å². The third-order valence-corrected chi connectivity index (χ3v) is 5.32. The maximum Gasteiger partial charge on any atom is 0.181 e. The number of fused-ring (bicyclic) bond motifs is 1. The number of hydrogen-bond donors (Lipinski definition) is 0. The summed E-state index contributed by atoms with van der Waals surface area (Å²) in [6, 6.07) is 6.04. The van der Waals surface area contributed by atoms with Gasteiger partial charge in [0.25, 0.3) is 0 Å². The smallest absolute Gasteiger partial charge is 0.181 e. The van der Waals surface area contributed by atoms with Crippen molar-refractivity contribution >= 4 is 28.0 Å². The van der Waals surface area contributed by atoms with Crippen LogP contribution in [0.1, 0.15) is 26.3 Å². The minimum atomic E-state index is -0.00614. The number of nitrogens with zero attached hydrogens (tertiary/aromatic N) is 5. The van der Waals surface area contributed by atoms with E-state index in [1.807, 2.05) is 49.9 Å². The highest BCUT2D eigenvalue weighted by Gasteiger charge is 2.13. The molecule has 26 heavy (non-hydrogen) atoms.